The van der Waals surface area contributed by atoms with Crippen molar-refractivity contribution in [3.8, 4) is 11.1 Å². The second-order valence-electron chi connectivity index (χ2n) is 10.5. The Bertz CT molecular complexity index is 854. The molecule has 0 saturated carbocycles. The Balaban J connectivity index is 2.24. The minimum absolute atomic E-state index is 0.408. The summed E-state index contributed by atoms with van der Waals surface area (Å²) in [4.78, 5) is 23.4. The van der Waals surface area contributed by atoms with Crippen molar-refractivity contribution in [2.24, 2.45) is 0 Å². The molecule has 34 heavy (non-hydrogen) atoms. The third kappa shape index (κ3) is 8.24. The molecule has 0 fully saturated rings. The first-order valence-corrected chi connectivity index (χ1v) is 20.5. The molecule has 0 aliphatic heterocycles. The van der Waals surface area contributed by atoms with Crippen LogP contribution in [-0.2, 0) is 4.74 Å². The first-order valence-electron chi connectivity index (χ1n) is 13.1. The van der Waals surface area contributed by atoms with Gasteiger partial charge in [0.25, 0.3) is 0 Å². The maximum absolute atomic E-state index is 12.3. The van der Waals surface area contributed by atoms with Crippen LogP contribution in [0.1, 0.15) is 80.1 Å². The standard InChI is InChI=1S/C16H18N3O2.3C4H9.Sn/c1-16(2,3)21-15(20)19(4)14-8-7-13(11-18-14)12-6-5-9-17-10-12;3*1-3-4-2;/h5-8,10-11H,1-4H3;3*1,3-4H2,2H3;. The Kier molecular flexibility index (Phi) is 11.3. The molecule has 0 bridgehead atoms. The zero-order valence-electron chi connectivity index (χ0n) is 22.5. The third-order valence-electron chi connectivity index (χ3n) is 6.43. The summed E-state index contributed by atoms with van der Waals surface area (Å²) in [6, 6.07) is 8.42. The van der Waals surface area contributed by atoms with E-state index in [9.17, 15) is 4.79 Å². The predicted molar refractivity (Wildman–Crippen MR) is 147 cm³/mol. The number of aromatic nitrogens is 2. The van der Waals surface area contributed by atoms with Crippen molar-refractivity contribution in [2.75, 3.05) is 11.9 Å². The van der Waals surface area contributed by atoms with Crippen molar-refractivity contribution in [3.63, 3.8) is 0 Å². The van der Waals surface area contributed by atoms with Crippen LogP contribution >= 0.6 is 0 Å². The number of amides is 1. The molecule has 0 saturated heterocycles. The maximum atomic E-state index is 12.3. The summed E-state index contributed by atoms with van der Waals surface area (Å²) in [5.41, 5.74) is 1.55. The van der Waals surface area contributed by atoms with Gasteiger partial charge in [0.15, 0.2) is 0 Å². The van der Waals surface area contributed by atoms with E-state index in [-0.39, 0.29) is 0 Å². The number of nitrogens with zero attached hydrogens (tertiary/aromatic N) is 3. The molecule has 0 N–H and O–H groups in total. The average Bonchev–Trinajstić information content (AvgIpc) is 2.82. The van der Waals surface area contributed by atoms with Gasteiger partial charge in [-0.25, -0.2) is 0 Å². The molecule has 2 rings (SSSR count). The van der Waals surface area contributed by atoms with E-state index < -0.39 is 30.1 Å². The molecule has 0 atom stereocenters. The van der Waals surface area contributed by atoms with Gasteiger partial charge >= 0.3 is 191 Å². The zero-order chi connectivity index (χ0) is 25.2. The molecule has 5 nitrogen and oxygen atoms in total. The summed E-state index contributed by atoms with van der Waals surface area (Å²) in [7, 11) is 1.68. The second-order valence-corrected chi connectivity index (χ2v) is 23.5. The van der Waals surface area contributed by atoms with Crippen molar-refractivity contribution >= 4 is 34.0 Å². The Morgan fingerprint density at radius 3 is 1.74 bits per heavy atom. The Morgan fingerprint density at radius 1 is 0.853 bits per heavy atom. The summed E-state index contributed by atoms with van der Waals surface area (Å²) in [6.07, 6.45) is 11.3. The van der Waals surface area contributed by atoms with E-state index in [2.05, 4.69) is 37.9 Å². The first-order chi connectivity index (χ1) is 16.2. The van der Waals surface area contributed by atoms with Gasteiger partial charge in [-0.15, -0.1) is 0 Å². The number of pyridine rings is 2. The van der Waals surface area contributed by atoms with Gasteiger partial charge in [0.2, 0.25) is 0 Å². The van der Waals surface area contributed by atoms with Gasteiger partial charge in [-0.05, 0) is 20.8 Å². The van der Waals surface area contributed by atoms with Crippen molar-refractivity contribution in [2.45, 2.75) is 99.0 Å². The molecule has 0 aromatic carbocycles. The van der Waals surface area contributed by atoms with E-state index >= 15 is 0 Å². The summed E-state index contributed by atoms with van der Waals surface area (Å²) in [5.74, 6) is 0.566. The molecule has 6 heteroatoms. The Morgan fingerprint density at radius 2 is 1.35 bits per heavy atom. The second kappa shape index (κ2) is 13.5. The quantitative estimate of drug-likeness (QED) is 0.246. The third-order valence-corrected chi connectivity index (χ3v) is 21.6. The van der Waals surface area contributed by atoms with Crippen LogP contribution in [0.4, 0.5) is 10.6 Å². The molecule has 1 amide bonds. The van der Waals surface area contributed by atoms with Crippen LogP contribution in [0.25, 0.3) is 11.1 Å². The number of unbranched alkanes of at least 4 members (excludes halogenated alkanes) is 3. The van der Waals surface area contributed by atoms with Crippen molar-refractivity contribution < 1.29 is 9.53 Å². The van der Waals surface area contributed by atoms with Crippen LogP contribution in [0, 0.1) is 0 Å². The molecular weight excluding hydrogens is 529 g/mol. The normalized spacial score (nSPS) is 12.0. The topological polar surface area (TPSA) is 55.3 Å². The molecular formula is C28H45N3O2Sn. The van der Waals surface area contributed by atoms with Gasteiger partial charge in [0.05, 0.1) is 0 Å². The first kappa shape index (κ1) is 28.6. The molecule has 0 spiro atoms. The monoisotopic (exact) mass is 575 g/mol. The summed E-state index contributed by atoms with van der Waals surface area (Å²) >= 11 is -2.51. The van der Waals surface area contributed by atoms with Crippen molar-refractivity contribution in [1.29, 1.82) is 0 Å². The SMILES string of the molecule is CCC[CH2][Sn]([CH2]CCC)([CH2]CCC)[c]1ccc(-c2ccc(N(C)C(=O)OC(C)(C)C)nc2)cn1. The molecule has 2 heterocycles. The molecule has 0 aliphatic rings. The van der Waals surface area contributed by atoms with Crippen LogP contribution in [0.3, 0.4) is 0 Å². The number of ether oxygens (including phenoxy) is 1. The molecule has 188 valence electrons. The van der Waals surface area contributed by atoms with Gasteiger partial charge in [-0.2, -0.15) is 0 Å². The van der Waals surface area contributed by atoms with Crippen LogP contribution in [0.5, 0.6) is 0 Å². The average molecular weight is 574 g/mol. The van der Waals surface area contributed by atoms with Crippen molar-refractivity contribution in [3.05, 3.63) is 36.7 Å². The Hall–Kier alpha value is -1.63. The fourth-order valence-electron chi connectivity index (χ4n) is 4.36. The summed E-state index contributed by atoms with van der Waals surface area (Å²) in [5, 5.41) is 0. The number of hydrogen-bond acceptors (Lipinski definition) is 4. The number of anilines is 1. The van der Waals surface area contributed by atoms with E-state index in [0.29, 0.717) is 5.82 Å². The van der Waals surface area contributed by atoms with Gasteiger partial charge in [-0.1, -0.05) is 0 Å². The summed E-state index contributed by atoms with van der Waals surface area (Å²) in [6.45, 7) is 12.5. The number of hydrogen-bond donors (Lipinski definition) is 0. The predicted octanol–water partition coefficient (Wildman–Crippen LogP) is 7.57. The molecule has 2 aromatic heterocycles. The van der Waals surface area contributed by atoms with Crippen LogP contribution < -0.4 is 8.61 Å². The molecule has 0 unspecified atom stereocenters. The van der Waals surface area contributed by atoms with E-state index in [1.54, 1.807) is 7.05 Å². The van der Waals surface area contributed by atoms with Crippen LogP contribution in [0.15, 0.2) is 36.7 Å². The fourth-order valence-corrected chi connectivity index (χ4v) is 19.7. The summed E-state index contributed by atoms with van der Waals surface area (Å²) < 4.78 is 11.2. The molecule has 0 aliphatic carbocycles. The number of carbonyl (C=O) groups excluding carboxylic acids is 1. The van der Waals surface area contributed by atoms with Crippen molar-refractivity contribution in [1.82, 2.24) is 9.97 Å². The minimum atomic E-state index is -2.51. The van der Waals surface area contributed by atoms with E-state index in [0.717, 1.165) is 11.1 Å². The van der Waals surface area contributed by atoms with E-state index in [4.69, 9.17) is 9.72 Å². The molecule has 0 radical (unpaired) electrons. The number of carbonyl (C=O) groups is 1. The van der Waals surface area contributed by atoms with Gasteiger partial charge in [0, 0.05) is 0 Å². The fraction of sp³-hybridized carbons (Fsp3) is 0.607. The van der Waals surface area contributed by atoms with Gasteiger partial charge in [0.1, 0.15) is 0 Å². The zero-order valence-corrected chi connectivity index (χ0v) is 25.3. The molecule has 2 aromatic rings. The Labute approximate surface area is 211 Å². The number of rotatable bonds is 12. The van der Waals surface area contributed by atoms with E-state index in [1.165, 1.54) is 60.4 Å². The van der Waals surface area contributed by atoms with E-state index in [1.807, 2.05) is 45.3 Å². The van der Waals surface area contributed by atoms with Gasteiger partial charge in [-0.3, -0.25) is 0 Å². The van der Waals surface area contributed by atoms with Crippen LogP contribution in [0.2, 0.25) is 13.3 Å². The van der Waals surface area contributed by atoms with Crippen LogP contribution in [-0.4, -0.2) is 47.1 Å². The van der Waals surface area contributed by atoms with Gasteiger partial charge < -0.3 is 0 Å².